The first-order valence-electron chi connectivity index (χ1n) is 6.50. The number of hydrogen-bond acceptors (Lipinski definition) is 2. The SMILES string of the molecule is CC(C)NCc1cccc(Cl)c1Sc1cccc(Cl)c1. The van der Waals surface area contributed by atoms with Crippen molar-refractivity contribution in [1.82, 2.24) is 5.32 Å². The number of halogens is 2. The molecule has 0 fully saturated rings. The average Bonchev–Trinajstić information content (AvgIpc) is 2.39. The van der Waals surface area contributed by atoms with Gasteiger partial charge in [0.1, 0.15) is 0 Å². The molecule has 0 saturated carbocycles. The van der Waals surface area contributed by atoms with Crippen molar-refractivity contribution in [1.29, 1.82) is 0 Å². The third-order valence-electron chi connectivity index (χ3n) is 2.77. The summed E-state index contributed by atoms with van der Waals surface area (Å²) in [5, 5.41) is 4.94. The molecular weight excluding hydrogens is 309 g/mol. The first-order valence-corrected chi connectivity index (χ1v) is 8.07. The van der Waals surface area contributed by atoms with Crippen LogP contribution in [0.1, 0.15) is 19.4 Å². The van der Waals surface area contributed by atoms with E-state index in [1.165, 1.54) is 5.56 Å². The van der Waals surface area contributed by atoms with Gasteiger partial charge in [-0.2, -0.15) is 0 Å². The van der Waals surface area contributed by atoms with Crippen molar-refractivity contribution in [2.75, 3.05) is 0 Å². The first-order chi connectivity index (χ1) is 9.56. The molecule has 20 heavy (non-hydrogen) atoms. The Kier molecular flexibility index (Phi) is 5.79. The van der Waals surface area contributed by atoms with Crippen molar-refractivity contribution in [3.63, 3.8) is 0 Å². The van der Waals surface area contributed by atoms with Crippen LogP contribution in [0.3, 0.4) is 0 Å². The van der Waals surface area contributed by atoms with Gasteiger partial charge in [-0.05, 0) is 29.8 Å². The van der Waals surface area contributed by atoms with Crippen molar-refractivity contribution >= 4 is 35.0 Å². The third kappa shape index (κ3) is 4.42. The van der Waals surface area contributed by atoms with Gasteiger partial charge in [0.25, 0.3) is 0 Å². The van der Waals surface area contributed by atoms with Crippen molar-refractivity contribution < 1.29 is 0 Å². The minimum atomic E-state index is 0.443. The summed E-state index contributed by atoms with van der Waals surface area (Å²) in [7, 11) is 0. The first kappa shape index (κ1) is 15.7. The van der Waals surface area contributed by atoms with Crippen LogP contribution < -0.4 is 5.32 Å². The highest BCUT2D eigenvalue weighted by molar-refractivity contribution is 7.99. The molecule has 0 aliphatic rings. The Bertz CT molecular complexity index is 584. The maximum atomic E-state index is 6.35. The molecule has 1 N–H and O–H groups in total. The molecule has 0 aliphatic heterocycles. The predicted octanol–water partition coefficient (Wildman–Crippen LogP) is 5.64. The molecule has 0 aromatic heterocycles. The lowest BCUT2D eigenvalue weighted by Gasteiger charge is -2.14. The molecule has 1 nitrogen and oxygen atoms in total. The van der Waals surface area contributed by atoms with Crippen molar-refractivity contribution in [2.24, 2.45) is 0 Å². The largest absolute Gasteiger partial charge is 0.310 e. The van der Waals surface area contributed by atoms with Crippen LogP contribution >= 0.6 is 35.0 Å². The minimum Gasteiger partial charge on any atom is -0.310 e. The summed E-state index contributed by atoms with van der Waals surface area (Å²) >= 11 is 14.0. The van der Waals surface area contributed by atoms with Crippen molar-refractivity contribution in [3.8, 4) is 0 Å². The van der Waals surface area contributed by atoms with Gasteiger partial charge >= 0.3 is 0 Å². The van der Waals surface area contributed by atoms with Crippen molar-refractivity contribution in [3.05, 3.63) is 58.1 Å². The van der Waals surface area contributed by atoms with E-state index in [-0.39, 0.29) is 0 Å². The molecule has 2 aromatic carbocycles. The lowest BCUT2D eigenvalue weighted by molar-refractivity contribution is 0.585. The Balaban J connectivity index is 2.25. The summed E-state index contributed by atoms with van der Waals surface area (Å²) in [6, 6.07) is 14.3. The van der Waals surface area contributed by atoms with Gasteiger partial charge in [-0.1, -0.05) is 67.0 Å². The summed E-state index contributed by atoms with van der Waals surface area (Å²) in [5.74, 6) is 0. The Labute approximate surface area is 134 Å². The van der Waals surface area contributed by atoms with Gasteiger partial charge in [-0.3, -0.25) is 0 Å². The predicted molar refractivity (Wildman–Crippen MR) is 89.0 cm³/mol. The molecule has 0 radical (unpaired) electrons. The van der Waals surface area contributed by atoms with Crippen LogP contribution in [0.2, 0.25) is 10.0 Å². The molecule has 106 valence electrons. The van der Waals surface area contributed by atoms with E-state index in [9.17, 15) is 0 Å². The molecule has 0 saturated heterocycles. The van der Waals surface area contributed by atoms with Crippen LogP contribution in [0.5, 0.6) is 0 Å². The van der Waals surface area contributed by atoms with Gasteiger partial charge in [0.05, 0.1) is 5.02 Å². The number of nitrogens with one attached hydrogen (secondary N) is 1. The fraction of sp³-hybridized carbons (Fsp3) is 0.250. The monoisotopic (exact) mass is 325 g/mol. The zero-order valence-electron chi connectivity index (χ0n) is 11.5. The number of rotatable bonds is 5. The molecule has 0 heterocycles. The van der Waals surface area contributed by atoms with E-state index in [1.807, 2.05) is 36.4 Å². The molecule has 2 rings (SSSR count). The number of hydrogen-bond donors (Lipinski definition) is 1. The Morgan fingerprint density at radius 1 is 1.10 bits per heavy atom. The van der Waals surface area contributed by atoms with Gasteiger partial charge in [-0.15, -0.1) is 0 Å². The van der Waals surface area contributed by atoms with Crippen LogP contribution in [0.25, 0.3) is 0 Å². The quantitative estimate of drug-likeness (QED) is 0.763. The maximum absolute atomic E-state index is 6.35. The molecule has 4 heteroatoms. The van der Waals surface area contributed by atoms with E-state index < -0.39 is 0 Å². The van der Waals surface area contributed by atoms with E-state index in [0.717, 1.165) is 26.4 Å². The van der Waals surface area contributed by atoms with E-state index in [4.69, 9.17) is 23.2 Å². The highest BCUT2D eigenvalue weighted by Gasteiger charge is 2.09. The van der Waals surface area contributed by atoms with Gasteiger partial charge in [-0.25, -0.2) is 0 Å². The lowest BCUT2D eigenvalue weighted by atomic mass is 10.2. The molecule has 0 amide bonds. The molecule has 0 unspecified atom stereocenters. The summed E-state index contributed by atoms with van der Waals surface area (Å²) in [6.45, 7) is 5.07. The van der Waals surface area contributed by atoms with Crippen LogP contribution in [0, 0.1) is 0 Å². The maximum Gasteiger partial charge on any atom is 0.0548 e. The molecule has 2 aromatic rings. The van der Waals surface area contributed by atoms with E-state index in [0.29, 0.717) is 6.04 Å². The van der Waals surface area contributed by atoms with E-state index >= 15 is 0 Å². The Morgan fingerprint density at radius 3 is 2.55 bits per heavy atom. The van der Waals surface area contributed by atoms with Crippen LogP contribution in [-0.4, -0.2) is 6.04 Å². The molecule has 0 aliphatic carbocycles. The summed E-state index contributed by atoms with van der Waals surface area (Å²) in [6.07, 6.45) is 0. The Morgan fingerprint density at radius 2 is 1.85 bits per heavy atom. The second-order valence-corrected chi connectivity index (χ2v) is 6.75. The second-order valence-electron chi connectivity index (χ2n) is 4.82. The van der Waals surface area contributed by atoms with Gasteiger partial charge < -0.3 is 5.32 Å². The molecule has 0 bridgehead atoms. The summed E-state index contributed by atoms with van der Waals surface area (Å²) in [5.41, 5.74) is 1.20. The summed E-state index contributed by atoms with van der Waals surface area (Å²) < 4.78 is 0. The van der Waals surface area contributed by atoms with Crippen LogP contribution in [-0.2, 0) is 6.54 Å². The summed E-state index contributed by atoms with van der Waals surface area (Å²) in [4.78, 5) is 2.18. The number of benzene rings is 2. The fourth-order valence-corrected chi connectivity index (χ4v) is 3.34. The molecule has 0 atom stereocenters. The second kappa shape index (κ2) is 7.37. The van der Waals surface area contributed by atoms with Gasteiger partial charge in [0.15, 0.2) is 0 Å². The normalized spacial score (nSPS) is 11.1. The highest BCUT2D eigenvalue weighted by atomic mass is 35.5. The molecular formula is C16H17Cl2NS. The van der Waals surface area contributed by atoms with E-state index in [2.05, 4.69) is 25.2 Å². The van der Waals surface area contributed by atoms with Crippen LogP contribution in [0.4, 0.5) is 0 Å². The Hall–Kier alpha value is -0.670. The highest BCUT2D eigenvalue weighted by Crippen LogP contribution is 2.36. The average molecular weight is 326 g/mol. The van der Waals surface area contributed by atoms with Gasteiger partial charge in [0, 0.05) is 27.4 Å². The third-order valence-corrected chi connectivity index (χ3v) is 4.60. The lowest BCUT2D eigenvalue weighted by Crippen LogP contribution is -2.22. The van der Waals surface area contributed by atoms with E-state index in [1.54, 1.807) is 11.8 Å². The van der Waals surface area contributed by atoms with Crippen LogP contribution in [0.15, 0.2) is 52.3 Å². The minimum absolute atomic E-state index is 0.443. The zero-order chi connectivity index (χ0) is 14.5. The molecule has 0 spiro atoms. The smallest absolute Gasteiger partial charge is 0.0548 e. The topological polar surface area (TPSA) is 12.0 Å². The van der Waals surface area contributed by atoms with Gasteiger partial charge in [0.2, 0.25) is 0 Å². The standard InChI is InChI=1S/C16H17Cl2NS/c1-11(2)19-10-12-5-3-8-15(18)16(12)20-14-7-4-6-13(17)9-14/h3-9,11,19H,10H2,1-2H3. The zero-order valence-corrected chi connectivity index (χ0v) is 13.8. The van der Waals surface area contributed by atoms with Crippen molar-refractivity contribution in [2.45, 2.75) is 36.2 Å². The fourth-order valence-electron chi connectivity index (χ4n) is 1.77.